The highest BCUT2D eigenvalue weighted by Crippen LogP contribution is 2.30. The number of rotatable bonds is 2. The molecule has 1 N–H and O–H groups in total. The van der Waals surface area contributed by atoms with Gasteiger partial charge >= 0.3 is 0 Å². The highest BCUT2D eigenvalue weighted by molar-refractivity contribution is 5.96. The zero-order valence-electron chi connectivity index (χ0n) is 9.29. The number of hydrogen-bond acceptors (Lipinski definition) is 2. The van der Waals surface area contributed by atoms with Crippen LogP contribution >= 0.6 is 0 Å². The molecule has 1 heterocycles. The summed E-state index contributed by atoms with van der Waals surface area (Å²) in [7, 11) is 0. The van der Waals surface area contributed by atoms with E-state index >= 15 is 0 Å². The van der Waals surface area contributed by atoms with Crippen molar-refractivity contribution in [3.63, 3.8) is 0 Å². The molecule has 3 nitrogen and oxygen atoms in total. The van der Waals surface area contributed by atoms with Gasteiger partial charge in [-0.25, -0.2) is 0 Å². The van der Waals surface area contributed by atoms with Crippen molar-refractivity contribution in [2.45, 2.75) is 26.2 Å². The Labute approximate surface area is 95.1 Å². The second-order valence-corrected chi connectivity index (χ2v) is 4.20. The predicted octanol–water partition coefficient (Wildman–Crippen LogP) is 2.41. The molecular weight excluding hydrogens is 200 g/mol. The Morgan fingerprint density at radius 3 is 3.12 bits per heavy atom. The van der Waals surface area contributed by atoms with Crippen molar-refractivity contribution < 1.29 is 4.79 Å². The topological polar surface area (TPSA) is 52.9 Å². The van der Waals surface area contributed by atoms with Crippen LogP contribution in [0.2, 0.25) is 0 Å². The van der Waals surface area contributed by atoms with E-state index in [1.54, 1.807) is 0 Å². The minimum Gasteiger partial charge on any atom is -0.325 e. The minimum atomic E-state index is -0.0473. The van der Waals surface area contributed by atoms with Crippen molar-refractivity contribution in [1.82, 2.24) is 0 Å². The lowest BCUT2D eigenvalue weighted by Gasteiger charge is -2.25. The fourth-order valence-corrected chi connectivity index (χ4v) is 2.13. The van der Waals surface area contributed by atoms with Gasteiger partial charge in [0.05, 0.1) is 6.07 Å². The normalized spacial score (nSPS) is 18.5. The Hall–Kier alpha value is -1.82. The Kier molecular flexibility index (Phi) is 2.91. The standard InChI is InChI=1S/C13H14N2O/c1-9-4-2-5-10-8-11(6-3-7-14)13(16)15-12(9)10/h2,4-5,11H,3,6,8H2,1H3,(H,15,16). The van der Waals surface area contributed by atoms with Gasteiger partial charge in [-0.2, -0.15) is 5.26 Å². The van der Waals surface area contributed by atoms with Gasteiger partial charge in [0.15, 0.2) is 0 Å². The smallest absolute Gasteiger partial charge is 0.227 e. The van der Waals surface area contributed by atoms with Crippen LogP contribution < -0.4 is 5.32 Å². The maximum atomic E-state index is 11.8. The van der Waals surface area contributed by atoms with E-state index in [4.69, 9.17) is 5.26 Å². The van der Waals surface area contributed by atoms with Crippen molar-refractivity contribution in [3.8, 4) is 6.07 Å². The first-order valence-corrected chi connectivity index (χ1v) is 5.48. The highest BCUT2D eigenvalue weighted by atomic mass is 16.1. The van der Waals surface area contributed by atoms with Crippen molar-refractivity contribution >= 4 is 11.6 Å². The first-order valence-electron chi connectivity index (χ1n) is 5.48. The number of nitrogens with one attached hydrogen (secondary N) is 1. The van der Waals surface area contributed by atoms with Crippen molar-refractivity contribution in [1.29, 1.82) is 5.26 Å². The summed E-state index contributed by atoms with van der Waals surface area (Å²) >= 11 is 0. The van der Waals surface area contributed by atoms with Crippen LogP contribution in [0.15, 0.2) is 18.2 Å². The lowest BCUT2D eigenvalue weighted by atomic mass is 9.89. The molecule has 0 aliphatic carbocycles. The molecule has 0 spiro atoms. The van der Waals surface area contributed by atoms with Gasteiger partial charge in [-0.1, -0.05) is 18.2 Å². The lowest BCUT2D eigenvalue weighted by Crippen LogP contribution is -2.30. The van der Waals surface area contributed by atoms with Crippen molar-refractivity contribution in [2.75, 3.05) is 5.32 Å². The second kappa shape index (κ2) is 4.36. The average molecular weight is 214 g/mol. The van der Waals surface area contributed by atoms with Gasteiger partial charge in [-0.3, -0.25) is 4.79 Å². The van der Waals surface area contributed by atoms with Crippen molar-refractivity contribution in [2.24, 2.45) is 5.92 Å². The largest absolute Gasteiger partial charge is 0.325 e. The fraction of sp³-hybridized carbons (Fsp3) is 0.385. The summed E-state index contributed by atoms with van der Waals surface area (Å²) in [5.74, 6) is 0.00556. The second-order valence-electron chi connectivity index (χ2n) is 4.20. The zero-order chi connectivity index (χ0) is 11.5. The van der Waals surface area contributed by atoms with E-state index in [9.17, 15) is 4.79 Å². The molecule has 16 heavy (non-hydrogen) atoms. The van der Waals surface area contributed by atoms with Crippen LogP contribution in [-0.4, -0.2) is 5.91 Å². The summed E-state index contributed by atoms with van der Waals surface area (Å²) in [4.78, 5) is 11.8. The molecular formula is C13H14N2O. The quantitative estimate of drug-likeness (QED) is 0.821. The molecule has 0 saturated heterocycles. The molecule has 0 radical (unpaired) electrons. The monoisotopic (exact) mass is 214 g/mol. The molecule has 1 atom stereocenters. The number of nitrogens with zero attached hydrogens (tertiary/aromatic N) is 1. The molecule has 1 aliphatic heterocycles. The summed E-state index contributed by atoms with van der Waals surface area (Å²) in [6.07, 6.45) is 1.85. The van der Waals surface area contributed by atoms with Gasteiger partial charge in [0.1, 0.15) is 0 Å². The number of hydrogen-bond donors (Lipinski definition) is 1. The zero-order valence-corrected chi connectivity index (χ0v) is 9.29. The van der Waals surface area contributed by atoms with Crippen LogP contribution in [0.25, 0.3) is 0 Å². The van der Waals surface area contributed by atoms with Crippen molar-refractivity contribution in [3.05, 3.63) is 29.3 Å². The molecule has 1 aliphatic rings. The molecule has 0 bridgehead atoms. The molecule has 1 amide bonds. The number of anilines is 1. The van der Waals surface area contributed by atoms with Crippen LogP contribution in [0.5, 0.6) is 0 Å². The van der Waals surface area contributed by atoms with E-state index in [2.05, 4.69) is 11.4 Å². The lowest BCUT2D eigenvalue weighted by molar-refractivity contribution is -0.120. The highest BCUT2D eigenvalue weighted by Gasteiger charge is 2.26. The summed E-state index contributed by atoms with van der Waals surface area (Å²) < 4.78 is 0. The predicted molar refractivity (Wildman–Crippen MR) is 61.8 cm³/mol. The molecule has 0 saturated carbocycles. The first kappa shape index (κ1) is 10.7. The molecule has 0 aromatic heterocycles. The fourth-order valence-electron chi connectivity index (χ4n) is 2.13. The summed E-state index contributed by atoms with van der Waals surface area (Å²) in [5, 5.41) is 11.5. The van der Waals surface area contributed by atoms with E-state index in [1.807, 2.05) is 25.1 Å². The molecule has 0 fully saturated rings. The molecule has 3 heteroatoms. The molecule has 1 unspecified atom stereocenters. The summed E-state index contributed by atoms with van der Waals surface area (Å²) in [5.41, 5.74) is 3.24. The van der Waals surface area contributed by atoms with Crippen LogP contribution in [0, 0.1) is 24.2 Å². The van der Waals surface area contributed by atoms with Gasteiger partial charge in [0.25, 0.3) is 0 Å². The number of fused-ring (bicyclic) bond motifs is 1. The average Bonchev–Trinajstić information content (AvgIpc) is 2.28. The third kappa shape index (κ3) is 1.92. The number of aryl methyl sites for hydroxylation is 1. The van der Waals surface area contributed by atoms with Gasteiger partial charge in [0.2, 0.25) is 5.91 Å². The summed E-state index contributed by atoms with van der Waals surface area (Å²) in [6.45, 7) is 1.99. The van der Waals surface area contributed by atoms with Gasteiger partial charge in [0, 0.05) is 18.0 Å². The van der Waals surface area contributed by atoms with Crippen LogP contribution in [0.1, 0.15) is 24.0 Å². The Bertz CT molecular complexity index is 459. The van der Waals surface area contributed by atoms with Gasteiger partial charge < -0.3 is 5.32 Å². The van der Waals surface area contributed by atoms with E-state index in [1.165, 1.54) is 5.56 Å². The Morgan fingerprint density at radius 2 is 2.38 bits per heavy atom. The number of para-hydroxylation sites is 1. The van der Waals surface area contributed by atoms with E-state index in [-0.39, 0.29) is 11.8 Å². The number of carbonyl (C=O) groups excluding carboxylic acids is 1. The van der Waals surface area contributed by atoms with Gasteiger partial charge in [-0.05, 0) is 30.9 Å². The van der Waals surface area contributed by atoms with Crippen LogP contribution in [0.4, 0.5) is 5.69 Å². The maximum Gasteiger partial charge on any atom is 0.227 e. The van der Waals surface area contributed by atoms with Gasteiger partial charge in [-0.15, -0.1) is 0 Å². The SMILES string of the molecule is Cc1cccc2c1NC(=O)C(CCC#N)C2. The maximum absolute atomic E-state index is 11.8. The Morgan fingerprint density at radius 1 is 1.56 bits per heavy atom. The third-order valence-electron chi connectivity index (χ3n) is 3.05. The van der Waals surface area contributed by atoms with E-state index < -0.39 is 0 Å². The Balaban J connectivity index is 2.22. The van der Waals surface area contributed by atoms with E-state index in [0.717, 1.165) is 17.7 Å². The minimum absolute atomic E-state index is 0.0473. The van der Waals surface area contributed by atoms with E-state index in [0.29, 0.717) is 12.8 Å². The first-order chi connectivity index (χ1) is 7.72. The van der Waals surface area contributed by atoms with Crippen LogP contribution in [0.3, 0.4) is 0 Å². The molecule has 82 valence electrons. The molecule has 1 aromatic rings. The number of benzene rings is 1. The molecule has 1 aromatic carbocycles. The number of nitriles is 1. The third-order valence-corrected chi connectivity index (χ3v) is 3.05. The number of amides is 1. The summed E-state index contributed by atoms with van der Waals surface area (Å²) in [6, 6.07) is 8.14. The van der Waals surface area contributed by atoms with Crippen LogP contribution in [-0.2, 0) is 11.2 Å². The molecule has 2 rings (SSSR count). The number of carbonyl (C=O) groups is 1.